The Kier molecular flexibility index (Phi) is 5.72. The lowest BCUT2D eigenvalue weighted by molar-refractivity contribution is -0.142. The number of halogens is 3. The average Bonchev–Trinajstić information content (AvgIpc) is 3.40. The number of nitrogens with zero attached hydrogens (tertiary/aromatic N) is 3. The van der Waals surface area contributed by atoms with E-state index in [1.165, 1.54) is 6.92 Å². The van der Waals surface area contributed by atoms with Crippen LogP contribution in [0.3, 0.4) is 0 Å². The number of hydrogen-bond acceptors (Lipinski definition) is 7. The largest absolute Gasteiger partial charge is 0.462 e. The molecule has 1 amide bonds. The van der Waals surface area contributed by atoms with Gasteiger partial charge in [0, 0.05) is 11.6 Å². The molecule has 0 spiro atoms. The first-order valence-corrected chi connectivity index (χ1v) is 10.9. The molecular formula is C21H19F3N4O4S. The lowest BCUT2D eigenvalue weighted by atomic mass is 10.1. The number of nitrogens with one attached hydrogen (secondary N) is 1. The van der Waals surface area contributed by atoms with Crippen molar-refractivity contribution in [2.75, 3.05) is 11.9 Å². The Morgan fingerprint density at radius 1 is 1.30 bits per heavy atom. The molecule has 0 atom stereocenters. The number of amides is 1. The van der Waals surface area contributed by atoms with Gasteiger partial charge in [-0.3, -0.25) is 9.59 Å². The Labute approximate surface area is 189 Å². The number of hydrogen-bond donors (Lipinski definition) is 1. The van der Waals surface area contributed by atoms with Crippen LogP contribution in [0.4, 0.5) is 18.2 Å². The van der Waals surface area contributed by atoms with Crippen LogP contribution < -0.4 is 5.32 Å². The van der Waals surface area contributed by atoms with E-state index in [2.05, 4.69) is 15.4 Å². The summed E-state index contributed by atoms with van der Waals surface area (Å²) >= 11 is 0.895. The van der Waals surface area contributed by atoms with Crippen molar-refractivity contribution in [3.8, 4) is 0 Å². The lowest BCUT2D eigenvalue weighted by Crippen LogP contribution is -2.17. The van der Waals surface area contributed by atoms with Gasteiger partial charge in [-0.15, -0.1) is 11.3 Å². The number of ketones is 1. The van der Waals surface area contributed by atoms with E-state index in [0.717, 1.165) is 36.4 Å². The van der Waals surface area contributed by atoms with Crippen molar-refractivity contribution in [2.24, 2.45) is 0 Å². The number of thiophene rings is 1. The van der Waals surface area contributed by atoms with Crippen molar-refractivity contribution in [1.82, 2.24) is 14.6 Å². The van der Waals surface area contributed by atoms with Crippen LogP contribution in [0.25, 0.3) is 5.65 Å². The van der Waals surface area contributed by atoms with Crippen molar-refractivity contribution in [3.05, 3.63) is 45.2 Å². The van der Waals surface area contributed by atoms with E-state index >= 15 is 0 Å². The Bertz CT molecular complexity index is 1290. The van der Waals surface area contributed by atoms with E-state index in [4.69, 9.17) is 4.74 Å². The first-order valence-electron chi connectivity index (χ1n) is 10.1. The molecule has 3 aromatic rings. The Hall–Kier alpha value is -3.28. The lowest BCUT2D eigenvalue weighted by Gasteiger charge is -2.11. The standard InChI is InChI=1S/C21H19F3N4O4S/c1-4-32-20(31)15-9(2)16(10(3)29)33-19(15)27-18(30)12-8-25-28-14(21(22,23)24)7-13(11-5-6-11)26-17(12)28/h7-8,11H,4-6H2,1-3H3,(H,27,30). The summed E-state index contributed by atoms with van der Waals surface area (Å²) < 4.78 is 46.4. The second-order valence-corrected chi connectivity index (χ2v) is 8.64. The fourth-order valence-electron chi connectivity index (χ4n) is 3.49. The van der Waals surface area contributed by atoms with Crippen LogP contribution in [0.1, 0.15) is 79.9 Å². The number of carbonyl (C=O) groups excluding carboxylic acids is 3. The van der Waals surface area contributed by atoms with Crippen LogP contribution in [0.2, 0.25) is 0 Å². The third-order valence-corrected chi connectivity index (χ3v) is 6.50. The average molecular weight is 480 g/mol. The predicted molar refractivity (Wildman–Crippen MR) is 113 cm³/mol. The smallest absolute Gasteiger partial charge is 0.433 e. The second-order valence-electron chi connectivity index (χ2n) is 7.62. The van der Waals surface area contributed by atoms with Crippen LogP contribution >= 0.6 is 11.3 Å². The molecule has 0 unspecified atom stereocenters. The van der Waals surface area contributed by atoms with Crippen LogP contribution in [0.5, 0.6) is 0 Å². The van der Waals surface area contributed by atoms with E-state index in [-0.39, 0.29) is 50.7 Å². The topological polar surface area (TPSA) is 103 Å². The number of carbonyl (C=O) groups is 3. The number of Topliss-reactive ketones (excluding diaryl/α,β-unsaturated/α-hetero) is 1. The van der Waals surface area contributed by atoms with Gasteiger partial charge in [0.1, 0.15) is 16.3 Å². The van der Waals surface area contributed by atoms with Gasteiger partial charge in [0.2, 0.25) is 0 Å². The van der Waals surface area contributed by atoms with Gasteiger partial charge >= 0.3 is 12.1 Å². The molecule has 1 fully saturated rings. The van der Waals surface area contributed by atoms with Crippen molar-refractivity contribution in [3.63, 3.8) is 0 Å². The molecule has 1 aliphatic rings. The number of ether oxygens (including phenoxy) is 1. The monoisotopic (exact) mass is 480 g/mol. The van der Waals surface area contributed by atoms with Gasteiger partial charge in [0.25, 0.3) is 5.91 Å². The van der Waals surface area contributed by atoms with Crippen molar-refractivity contribution >= 4 is 39.6 Å². The van der Waals surface area contributed by atoms with Crippen LogP contribution in [0, 0.1) is 6.92 Å². The summed E-state index contributed by atoms with van der Waals surface area (Å²) in [5.41, 5.74) is -0.807. The van der Waals surface area contributed by atoms with Crippen LogP contribution in [-0.2, 0) is 10.9 Å². The molecule has 0 bridgehead atoms. The van der Waals surface area contributed by atoms with Gasteiger partial charge in [-0.25, -0.2) is 14.3 Å². The molecular weight excluding hydrogens is 461 g/mol. The fourth-order valence-corrected chi connectivity index (χ4v) is 4.57. The zero-order chi connectivity index (χ0) is 24.1. The highest BCUT2D eigenvalue weighted by Crippen LogP contribution is 2.41. The number of esters is 1. The van der Waals surface area contributed by atoms with E-state index in [1.807, 2.05) is 0 Å². The summed E-state index contributed by atoms with van der Waals surface area (Å²) in [6.45, 7) is 4.58. The van der Waals surface area contributed by atoms with E-state index in [1.54, 1.807) is 13.8 Å². The van der Waals surface area contributed by atoms with Crippen molar-refractivity contribution in [2.45, 2.75) is 45.7 Å². The molecule has 8 nitrogen and oxygen atoms in total. The van der Waals surface area contributed by atoms with Crippen LogP contribution in [0.15, 0.2) is 12.3 Å². The van der Waals surface area contributed by atoms with Crippen molar-refractivity contribution < 1.29 is 32.3 Å². The summed E-state index contributed by atoms with van der Waals surface area (Å²) in [7, 11) is 0. The molecule has 1 saturated carbocycles. The number of aromatic nitrogens is 3. The molecule has 0 radical (unpaired) electrons. The highest BCUT2D eigenvalue weighted by molar-refractivity contribution is 7.18. The molecule has 3 aromatic heterocycles. The zero-order valence-electron chi connectivity index (χ0n) is 17.9. The minimum atomic E-state index is -4.69. The van der Waals surface area contributed by atoms with Gasteiger partial charge in [0.15, 0.2) is 11.4 Å². The molecule has 1 aliphatic carbocycles. The number of anilines is 1. The quantitative estimate of drug-likeness (QED) is 0.408. The Morgan fingerprint density at radius 3 is 2.58 bits per heavy atom. The Balaban J connectivity index is 1.78. The minimum absolute atomic E-state index is 0.0273. The first-order chi connectivity index (χ1) is 15.5. The molecule has 12 heteroatoms. The molecule has 174 valence electrons. The normalized spacial score (nSPS) is 13.9. The SMILES string of the molecule is CCOC(=O)c1c(NC(=O)c2cnn3c(C(F)(F)F)cc(C4CC4)nc23)sc(C(C)=O)c1C. The molecule has 0 aromatic carbocycles. The summed E-state index contributed by atoms with van der Waals surface area (Å²) in [5.74, 6) is -1.91. The molecule has 0 aliphatic heterocycles. The first kappa shape index (κ1) is 22.9. The van der Waals surface area contributed by atoms with E-state index < -0.39 is 23.7 Å². The van der Waals surface area contributed by atoms with Gasteiger partial charge in [-0.2, -0.15) is 18.3 Å². The third-order valence-electron chi connectivity index (χ3n) is 5.20. The second kappa shape index (κ2) is 8.25. The van der Waals surface area contributed by atoms with Gasteiger partial charge in [-0.05, 0) is 45.2 Å². The van der Waals surface area contributed by atoms with Gasteiger partial charge < -0.3 is 10.1 Å². The van der Waals surface area contributed by atoms with Gasteiger partial charge in [-0.1, -0.05) is 0 Å². The Morgan fingerprint density at radius 2 is 2.00 bits per heavy atom. The molecule has 0 saturated heterocycles. The highest BCUT2D eigenvalue weighted by atomic mass is 32.1. The maximum absolute atomic E-state index is 13.6. The van der Waals surface area contributed by atoms with Crippen LogP contribution in [-0.4, -0.2) is 38.9 Å². The number of rotatable bonds is 6. The predicted octanol–water partition coefficient (Wildman–Crippen LogP) is 4.63. The summed E-state index contributed by atoms with van der Waals surface area (Å²) in [6, 6.07) is 0.958. The molecule has 33 heavy (non-hydrogen) atoms. The minimum Gasteiger partial charge on any atom is -0.462 e. The summed E-state index contributed by atoms with van der Waals surface area (Å²) in [4.78, 5) is 42.0. The summed E-state index contributed by atoms with van der Waals surface area (Å²) in [6.07, 6.45) is -2.24. The third kappa shape index (κ3) is 4.22. The highest BCUT2D eigenvalue weighted by Gasteiger charge is 2.38. The fraction of sp³-hybridized carbons (Fsp3) is 0.381. The number of fused-ring (bicyclic) bond motifs is 1. The zero-order valence-corrected chi connectivity index (χ0v) is 18.7. The number of alkyl halides is 3. The van der Waals surface area contributed by atoms with E-state index in [0.29, 0.717) is 10.1 Å². The van der Waals surface area contributed by atoms with E-state index in [9.17, 15) is 27.6 Å². The maximum Gasteiger partial charge on any atom is 0.433 e. The summed E-state index contributed by atoms with van der Waals surface area (Å²) in [5, 5.41) is 6.34. The molecule has 4 rings (SSSR count). The molecule has 3 heterocycles. The van der Waals surface area contributed by atoms with Gasteiger partial charge in [0.05, 0.1) is 23.2 Å². The maximum atomic E-state index is 13.6. The molecule has 1 N–H and O–H groups in total. The van der Waals surface area contributed by atoms with Crippen molar-refractivity contribution in [1.29, 1.82) is 0 Å².